The molecule has 0 saturated carbocycles. The highest BCUT2D eigenvalue weighted by Crippen LogP contribution is 2.27. The topological polar surface area (TPSA) is 52.6 Å². The lowest BCUT2D eigenvalue weighted by molar-refractivity contribution is -0.137. The Morgan fingerprint density at radius 1 is 1.60 bits per heavy atom. The van der Waals surface area contributed by atoms with E-state index in [4.69, 9.17) is 5.11 Å². The monoisotopic (exact) mass is 214 g/mol. The summed E-state index contributed by atoms with van der Waals surface area (Å²) in [6.07, 6.45) is 1.40. The summed E-state index contributed by atoms with van der Waals surface area (Å²) in [5.74, 6) is -0.721. The maximum absolute atomic E-state index is 10.4. The Bertz CT molecular complexity index is 229. The molecule has 1 saturated heterocycles. The molecule has 1 fully saturated rings. The van der Waals surface area contributed by atoms with Crippen LogP contribution >= 0.6 is 0 Å². The van der Waals surface area contributed by atoms with E-state index >= 15 is 0 Å². The Morgan fingerprint density at radius 2 is 2.27 bits per heavy atom. The van der Waals surface area contributed by atoms with Crippen molar-refractivity contribution >= 4 is 5.97 Å². The zero-order valence-corrected chi connectivity index (χ0v) is 9.92. The zero-order valence-electron chi connectivity index (χ0n) is 9.92. The number of carboxylic acid groups (broad SMARTS) is 1. The van der Waals surface area contributed by atoms with Crippen molar-refractivity contribution in [3.05, 3.63) is 0 Å². The van der Waals surface area contributed by atoms with Gasteiger partial charge in [0.2, 0.25) is 0 Å². The minimum absolute atomic E-state index is 0.229. The van der Waals surface area contributed by atoms with Crippen LogP contribution in [0.4, 0.5) is 0 Å². The number of nitrogens with zero attached hydrogens (tertiary/aromatic N) is 1. The van der Waals surface area contributed by atoms with Gasteiger partial charge in [0.1, 0.15) is 0 Å². The molecule has 0 bridgehead atoms. The first-order valence-electron chi connectivity index (χ1n) is 5.53. The molecule has 1 unspecified atom stereocenters. The minimum atomic E-state index is -0.721. The van der Waals surface area contributed by atoms with Crippen LogP contribution in [0.15, 0.2) is 0 Å². The molecule has 1 aliphatic rings. The van der Waals surface area contributed by atoms with Crippen molar-refractivity contribution in [3.8, 4) is 0 Å². The van der Waals surface area contributed by atoms with Crippen molar-refractivity contribution in [3.63, 3.8) is 0 Å². The van der Waals surface area contributed by atoms with Crippen LogP contribution in [0.25, 0.3) is 0 Å². The SMILES string of the molecule is CN(CCC(=O)O)CC1CC(C)(C)CN1. The Labute approximate surface area is 91.6 Å². The second kappa shape index (κ2) is 4.94. The molecule has 1 atom stereocenters. The van der Waals surface area contributed by atoms with Gasteiger partial charge < -0.3 is 15.3 Å². The molecule has 0 aromatic carbocycles. The number of nitrogens with one attached hydrogen (secondary N) is 1. The van der Waals surface area contributed by atoms with Crippen molar-refractivity contribution in [1.82, 2.24) is 10.2 Å². The average Bonchev–Trinajstić information content (AvgIpc) is 2.42. The standard InChI is InChI=1S/C11H22N2O2/c1-11(2)6-9(12-8-11)7-13(3)5-4-10(14)15/h9,12H,4-8H2,1-3H3,(H,14,15). The van der Waals surface area contributed by atoms with E-state index < -0.39 is 5.97 Å². The van der Waals surface area contributed by atoms with E-state index in [9.17, 15) is 4.79 Å². The number of hydrogen-bond acceptors (Lipinski definition) is 3. The molecule has 0 aromatic heterocycles. The van der Waals surface area contributed by atoms with Gasteiger partial charge in [0.15, 0.2) is 0 Å². The fraction of sp³-hybridized carbons (Fsp3) is 0.909. The smallest absolute Gasteiger partial charge is 0.304 e. The number of aliphatic carboxylic acids is 1. The molecule has 4 heteroatoms. The second-order valence-electron chi connectivity index (χ2n) is 5.35. The molecule has 4 nitrogen and oxygen atoms in total. The Balaban J connectivity index is 2.21. The molecule has 0 radical (unpaired) electrons. The van der Waals surface area contributed by atoms with Gasteiger partial charge in [-0.3, -0.25) is 4.79 Å². The number of carboxylic acids is 1. The number of hydrogen-bond donors (Lipinski definition) is 2. The van der Waals surface area contributed by atoms with Crippen LogP contribution in [0.1, 0.15) is 26.7 Å². The van der Waals surface area contributed by atoms with Gasteiger partial charge in [-0.2, -0.15) is 0 Å². The summed E-state index contributed by atoms with van der Waals surface area (Å²) in [4.78, 5) is 12.5. The molecule has 2 N–H and O–H groups in total. The molecular formula is C11H22N2O2. The van der Waals surface area contributed by atoms with Crippen LogP contribution in [-0.2, 0) is 4.79 Å². The molecule has 88 valence electrons. The number of likely N-dealkylation sites (N-methyl/N-ethyl adjacent to an activating group) is 1. The van der Waals surface area contributed by atoms with Crippen LogP contribution in [-0.4, -0.2) is 48.7 Å². The first kappa shape index (κ1) is 12.5. The van der Waals surface area contributed by atoms with Gasteiger partial charge in [-0.1, -0.05) is 13.8 Å². The van der Waals surface area contributed by atoms with E-state index in [0.29, 0.717) is 18.0 Å². The van der Waals surface area contributed by atoms with Gasteiger partial charge in [0, 0.05) is 25.7 Å². The maximum Gasteiger partial charge on any atom is 0.304 e. The molecule has 1 rings (SSSR count). The van der Waals surface area contributed by atoms with Crippen LogP contribution in [0, 0.1) is 5.41 Å². The van der Waals surface area contributed by atoms with E-state index in [0.717, 1.165) is 13.1 Å². The van der Waals surface area contributed by atoms with Gasteiger partial charge in [-0.05, 0) is 18.9 Å². The molecule has 15 heavy (non-hydrogen) atoms. The Hall–Kier alpha value is -0.610. The summed E-state index contributed by atoms with van der Waals surface area (Å²) in [7, 11) is 1.98. The molecule has 0 spiro atoms. The first-order chi connectivity index (χ1) is 6.89. The molecule has 0 amide bonds. The largest absolute Gasteiger partial charge is 0.481 e. The van der Waals surface area contributed by atoms with E-state index in [1.54, 1.807) is 0 Å². The lowest BCUT2D eigenvalue weighted by Crippen LogP contribution is -2.36. The predicted octanol–water partition coefficient (Wildman–Crippen LogP) is 0.781. The Kier molecular flexibility index (Phi) is 4.11. The summed E-state index contributed by atoms with van der Waals surface area (Å²) in [5, 5.41) is 12.0. The summed E-state index contributed by atoms with van der Waals surface area (Å²) >= 11 is 0. The third-order valence-electron chi connectivity index (χ3n) is 2.91. The fourth-order valence-electron chi connectivity index (χ4n) is 2.12. The van der Waals surface area contributed by atoms with Crippen molar-refractivity contribution in [1.29, 1.82) is 0 Å². The summed E-state index contributed by atoms with van der Waals surface area (Å²) in [6, 6.07) is 0.513. The molecule has 0 aromatic rings. The molecule has 1 aliphatic heterocycles. The van der Waals surface area contributed by atoms with E-state index in [-0.39, 0.29) is 6.42 Å². The third-order valence-corrected chi connectivity index (χ3v) is 2.91. The van der Waals surface area contributed by atoms with Gasteiger partial charge >= 0.3 is 5.97 Å². The first-order valence-corrected chi connectivity index (χ1v) is 5.53. The lowest BCUT2D eigenvalue weighted by Gasteiger charge is -2.21. The fourth-order valence-corrected chi connectivity index (χ4v) is 2.12. The van der Waals surface area contributed by atoms with Gasteiger partial charge in [0.25, 0.3) is 0 Å². The minimum Gasteiger partial charge on any atom is -0.481 e. The van der Waals surface area contributed by atoms with Crippen LogP contribution in [0.2, 0.25) is 0 Å². The van der Waals surface area contributed by atoms with Gasteiger partial charge in [-0.15, -0.1) is 0 Å². The Morgan fingerprint density at radius 3 is 2.73 bits per heavy atom. The molecule has 1 heterocycles. The van der Waals surface area contributed by atoms with Crippen LogP contribution in [0.3, 0.4) is 0 Å². The summed E-state index contributed by atoms with van der Waals surface area (Å²) in [5.41, 5.74) is 0.387. The van der Waals surface area contributed by atoms with Crippen molar-refractivity contribution in [2.75, 3.05) is 26.7 Å². The van der Waals surface area contributed by atoms with Crippen molar-refractivity contribution in [2.24, 2.45) is 5.41 Å². The van der Waals surface area contributed by atoms with E-state index in [1.807, 2.05) is 7.05 Å². The van der Waals surface area contributed by atoms with Crippen molar-refractivity contribution < 1.29 is 9.90 Å². The van der Waals surface area contributed by atoms with Gasteiger partial charge in [0.05, 0.1) is 6.42 Å². The third kappa shape index (κ3) is 4.62. The summed E-state index contributed by atoms with van der Waals surface area (Å²) < 4.78 is 0. The van der Waals surface area contributed by atoms with Crippen LogP contribution < -0.4 is 5.32 Å². The van der Waals surface area contributed by atoms with E-state index in [1.165, 1.54) is 6.42 Å². The predicted molar refractivity (Wildman–Crippen MR) is 59.9 cm³/mol. The highest BCUT2D eigenvalue weighted by molar-refractivity contribution is 5.66. The highest BCUT2D eigenvalue weighted by atomic mass is 16.4. The summed E-state index contributed by atoms with van der Waals surface area (Å²) in [6.45, 7) is 7.16. The zero-order chi connectivity index (χ0) is 11.5. The molecule has 0 aliphatic carbocycles. The highest BCUT2D eigenvalue weighted by Gasteiger charge is 2.30. The lowest BCUT2D eigenvalue weighted by atomic mass is 9.90. The van der Waals surface area contributed by atoms with Gasteiger partial charge in [-0.25, -0.2) is 0 Å². The van der Waals surface area contributed by atoms with Crippen molar-refractivity contribution in [2.45, 2.75) is 32.7 Å². The van der Waals surface area contributed by atoms with Crippen LogP contribution in [0.5, 0.6) is 0 Å². The molecular weight excluding hydrogens is 192 g/mol. The average molecular weight is 214 g/mol. The normalized spacial score (nSPS) is 24.7. The number of rotatable bonds is 5. The number of carbonyl (C=O) groups is 1. The quantitative estimate of drug-likeness (QED) is 0.710. The maximum atomic E-state index is 10.4. The second-order valence-corrected chi connectivity index (χ2v) is 5.35. The van der Waals surface area contributed by atoms with E-state index in [2.05, 4.69) is 24.1 Å².